The summed E-state index contributed by atoms with van der Waals surface area (Å²) in [7, 11) is 2.29. The van der Waals surface area contributed by atoms with Crippen molar-refractivity contribution in [1.82, 2.24) is 14.7 Å². The van der Waals surface area contributed by atoms with Gasteiger partial charge in [-0.3, -0.25) is 0 Å². The minimum absolute atomic E-state index is 0.304. The maximum absolute atomic E-state index is 2.76. The van der Waals surface area contributed by atoms with Gasteiger partial charge in [0.15, 0.2) is 0 Å². The van der Waals surface area contributed by atoms with E-state index in [-0.39, 0.29) is 0 Å². The molecule has 0 aliphatic carbocycles. The molecule has 2 aliphatic rings. The van der Waals surface area contributed by atoms with E-state index in [2.05, 4.69) is 63.3 Å². The second-order valence-electron chi connectivity index (χ2n) is 11.1. The SMILES string of the molecule is CN(CC1CCN(CC2CCN(CC(C)(C)C)CC2)CC1)C(C)(C)C. The molecule has 0 spiro atoms. The molecule has 0 aromatic carbocycles. The molecule has 3 heteroatoms. The van der Waals surface area contributed by atoms with Crippen molar-refractivity contribution >= 4 is 0 Å². The molecular formula is C22H45N3. The highest BCUT2D eigenvalue weighted by molar-refractivity contribution is 4.82. The van der Waals surface area contributed by atoms with Gasteiger partial charge in [-0.15, -0.1) is 0 Å². The van der Waals surface area contributed by atoms with E-state index in [4.69, 9.17) is 0 Å². The third kappa shape index (κ3) is 7.56. The molecule has 3 nitrogen and oxygen atoms in total. The van der Waals surface area contributed by atoms with E-state index >= 15 is 0 Å². The first-order valence-corrected chi connectivity index (χ1v) is 10.7. The smallest absolute Gasteiger partial charge is 0.0122 e. The lowest BCUT2D eigenvalue weighted by molar-refractivity contribution is 0.0827. The third-order valence-electron chi connectivity index (χ3n) is 6.31. The van der Waals surface area contributed by atoms with Gasteiger partial charge in [-0.25, -0.2) is 0 Å². The van der Waals surface area contributed by atoms with Crippen molar-refractivity contribution in [1.29, 1.82) is 0 Å². The molecule has 0 N–H and O–H groups in total. The molecule has 2 fully saturated rings. The average Bonchev–Trinajstić information content (AvgIpc) is 2.49. The molecule has 0 radical (unpaired) electrons. The van der Waals surface area contributed by atoms with Crippen LogP contribution in [0.3, 0.4) is 0 Å². The Kier molecular flexibility index (Phi) is 7.38. The van der Waals surface area contributed by atoms with Crippen molar-refractivity contribution in [2.75, 3.05) is 52.9 Å². The number of rotatable bonds is 5. The molecule has 2 aliphatic heterocycles. The Balaban J connectivity index is 1.64. The Labute approximate surface area is 158 Å². The van der Waals surface area contributed by atoms with E-state index < -0.39 is 0 Å². The van der Waals surface area contributed by atoms with Crippen LogP contribution in [0.5, 0.6) is 0 Å². The number of nitrogens with zero attached hydrogens (tertiary/aromatic N) is 3. The number of hydrogen-bond donors (Lipinski definition) is 0. The van der Waals surface area contributed by atoms with Crippen LogP contribution in [0.1, 0.15) is 67.2 Å². The Morgan fingerprint density at radius 1 is 0.760 bits per heavy atom. The summed E-state index contributed by atoms with van der Waals surface area (Å²) in [5, 5.41) is 0. The van der Waals surface area contributed by atoms with Crippen LogP contribution in [0.25, 0.3) is 0 Å². The summed E-state index contributed by atoms with van der Waals surface area (Å²) in [6.07, 6.45) is 5.60. The van der Waals surface area contributed by atoms with Gasteiger partial charge in [-0.1, -0.05) is 20.8 Å². The first-order valence-electron chi connectivity index (χ1n) is 10.7. The maximum Gasteiger partial charge on any atom is 0.0122 e. The fourth-order valence-electron chi connectivity index (χ4n) is 4.38. The molecule has 25 heavy (non-hydrogen) atoms. The fourth-order valence-corrected chi connectivity index (χ4v) is 4.38. The highest BCUT2D eigenvalue weighted by Crippen LogP contribution is 2.26. The first kappa shape index (κ1) is 21.2. The van der Waals surface area contributed by atoms with Gasteiger partial charge >= 0.3 is 0 Å². The lowest BCUT2D eigenvalue weighted by atomic mass is 9.90. The molecule has 2 heterocycles. The molecule has 0 amide bonds. The summed E-state index contributed by atoms with van der Waals surface area (Å²) < 4.78 is 0. The normalized spacial score (nSPS) is 23.5. The zero-order valence-electron chi connectivity index (χ0n) is 18.3. The van der Waals surface area contributed by atoms with Crippen LogP contribution >= 0.6 is 0 Å². The Morgan fingerprint density at radius 2 is 1.24 bits per heavy atom. The molecule has 0 atom stereocenters. The number of likely N-dealkylation sites (tertiary alicyclic amines) is 2. The van der Waals surface area contributed by atoms with Crippen molar-refractivity contribution in [3.8, 4) is 0 Å². The van der Waals surface area contributed by atoms with E-state index in [9.17, 15) is 0 Å². The largest absolute Gasteiger partial charge is 0.303 e. The van der Waals surface area contributed by atoms with Crippen molar-refractivity contribution in [3.05, 3.63) is 0 Å². The quantitative estimate of drug-likeness (QED) is 0.735. The molecule has 148 valence electrons. The monoisotopic (exact) mass is 351 g/mol. The highest BCUT2D eigenvalue weighted by atomic mass is 15.2. The summed E-state index contributed by atoms with van der Waals surface area (Å²) in [4.78, 5) is 7.99. The predicted molar refractivity (Wildman–Crippen MR) is 110 cm³/mol. The van der Waals surface area contributed by atoms with Gasteiger partial charge in [0.1, 0.15) is 0 Å². The van der Waals surface area contributed by atoms with Crippen LogP contribution < -0.4 is 0 Å². The summed E-state index contributed by atoms with van der Waals surface area (Å²) in [5.41, 5.74) is 0.743. The van der Waals surface area contributed by atoms with E-state index in [0.717, 1.165) is 11.8 Å². The van der Waals surface area contributed by atoms with Gasteiger partial charge in [0.2, 0.25) is 0 Å². The van der Waals surface area contributed by atoms with E-state index in [0.29, 0.717) is 11.0 Å². The molecule has 2 saturated heterocycles. The van der Waals surface area contributed by atoms with Crippen molar-refractivity contribution < 1.29 is 0 Å². The zero-order chi connectivity index (χ0) is 18.7. The Hall–Kier alpha value is -0.120. The number of hydrogen-bond acceptors (Lipinski definition) is 3. The number of piperidine rings is 2. The van der Waals surface area contributed by atoms with Gasteiger partial charge in [-0.05, 0) is 96.9 Å². The molecule has 0 unspecified atom stereocenters. The minimum Gasteiger partial charge on any atom is -0.303 e. The Morgan fingerprint density at radius 3 is 1.72 bits per heavy atom. The maximum atomic E-state index is 2.76. The predicted octanol–water partition coefficient (Wildman–Crippen LogP) is 4.19. The van der Waals surface area contributed by atoms with Crippen LogP contribution in [-0.4, -0.2) is 73.1 Å². The summed E-state index contributed by atoms with van der Waals surface area (Å²) in [6.45, 7) is 23.2. The summed E-state index contributed by atoms with van der Waals surface area (Å²) >= 11 is 0. The van der Waals surface area contributed by atoms with Gasteiger partial charge < -0.3 is 14.7 Å². The van der Waals surface area contributed by atoms with Gasteiger partial charge in [0.05, 0.1) is 0 Å². The van der Waals surface area contributed by atoms with Gasteiger partial charge in [0, 0.05) is 25.2 Å². The first-order chi connectivity index (χ1) is 11.5. The van der Waals surface area contributed by atoms with Crippen LogP contribution in [-0.2, 0) is 0 Å². The van der Waals surface area contributed by atoms with Gasteiger partial charge in [0.25, 0.3) is 0 Å². The second kappa shape index (κ2) is 8.71. The lowest BCUT2D eigenvalue weighted by Crippen LogP contribution is -2.46. The Bertz CT molecular complexity index is 377. The molecule has 0 aromatic rings. The van der Waals surface area contributed by atoms with Gasteiger partial charge in [-0.2, -0.15) is 0 Å². The molecular weight excluding hydrogens is 306 g/mol. The molecule has 2 rings (SSSR count). The third-order valence-corrected chi connectivity index (χ3v) is 6.31. The summed E-state index contributed by atoms with van der Waals surface area (Å²) in [5.74, 6) is 1.83. The van der Waals surface area contributed by atoms with E-state index in [1.807, 2.05) is 0 Å². The standard InChI is InChI=1S/C22H45N3/c1-21(2,3)18-25-14-10-20(11-15-25)17-24-12-8-19(9-13-24)16-23(7)22(4,5)6/h19-20H,8-18H2,1-7H3. The van der Waals surface area contributed by atoms with E-state index in [1.54, 1.807) is 0 Å². The van der Waals surface area contributed by atoms with Crippen LogP contribution in [0.15, 0.2) is 0 Å². The minimum atomic E-state index is 0.304. The zero-order valence-corrected chi connectivity index (χ0v) is 18.3. The highest BCUT2D eigenvalue weighted by Gasteiger charge is 2.27. The van der Waals surface area contributed by atoms with Crippen molar-refractivity contribution in [2.24, 2.45) is 17.3 Å². The molecule has 0 aromatic heterocycles. The second-order valence-corrected chi connectivity index (χ2v) is 11.1. The fraction of sp³-hybridized carbons (Fsp3) is 1.00. The topological polar surface area (TPSA) is 9.72 Å². The summed E-state index contributed by atoms with van der Waals surface area (Å²) in [6, 6.07) is 0. The average molecular weight is 352 g/mol. The van der Waals surface area contributed by atoms with Crippen LogP contribution in [0.4, 0.5) is 0 Å². The molecule has 0 bridgehead atoms. The van der Waals surface area contributed by atoms with Crippen molar-refractivity contribution in [3.63, 3.8) is 0 Å². The lowest BCUT2D eigenvalue weighted by Gasteiger charge is -2.41. The van der Waals surface area contributed by atoms with Crippen molar-refractivity contribution in [2.45, 2.75) is 72.8 Å². The van der Waals surface area contributed by atoms with Crippen LogP contribution in [0.2, 0.25) is 0 Å². The van der Waals surface area contributed by atoms with Crippen LogP contribution in [0, 0.1) is 17.3 Å². The molecule has 0 saturated carbocycles. The van der Waals surface area contributed by atoms with E-state index in [1.165, 1.54) is 71.5 Å².